The molecule has 1 unspecified atom stereocenters. The van der Waals surface area contributed by atoms with E-state index < -0.39 is 0 Å². The zero-order valence-corrected chi connectivity index (χ0v) is 10.3. The van der Waals surface area contributed by atoms with E-state index in [2.05, 4.69) is 15.5 Å². The van der Waals surface area contributed by atoms with Crippen LogP contribution in [0.4, 0.5) is 0 Å². The van der Waals surface area contributed by atoms with E-state index in [0.717, 1.165) is 18.7 Å². The summed E-state index contributed by atoms with van der Waals surface area (Å²) >= 11 is 0. The molecule has 2 N–H and O–H groups in total. The zero-order valence-electron chi connectivity index (χ0n) is 10.3. The SMILES string of the molecule is O=C(NC1CCc2n[nH]c(=O)n2CC1)c1ccoc1. The van der Waals surface area contributed by atoms with Gasteiger partial charge >= 0.3 is 5.69 Å². The van der Waals surface area contributed by atoms with Crippen molar-refractivity contribution in [3.05, 3.63) is 40.5 Å². The second-order valence-electron chi connectivity index (χ2n) is 4.61. The maximum Gasteiger partial charge on any atom is 0.343 e. The number of aromatic amines is 1. The molecule has 0 bridgehead atoms. The zero-order chi connectivity index (χ0) is 13.2. The molecule has 0 radical (unpaired) electrons. The third kappa shape index (κ3) is 2.31. The van der Waals surface area contributed by atoms with Crippen LogP contribution in [0.15, 0.2) is 27.8 Å². The van der Waals surface area contributed by atoms with E-state index in [1.54, 1.807) is 10.6 Å². The Bertz CT molecular complexity index is 626. The van der Waals surface area contributed by atoms with Gasteiger partial charge in [-0.1, -0.05) is 0 Å². The molecule has 1 atom stereocenters. The molecule has 0 saturated carbocycles. The molecule has 3 heterocycles. The Morgan fingerprint density at radius 2 is 2.42 bits per heavy atom. The van der Waals surface area contributed by atoms with Crippen LogP contribution in [0.5, 0.6) is 0 Å². The number of aryl methyl sites for hydroxylation is 1. The summed E-state index contributed by atoms with van der Waals surface area (Å²) in [5.41, 5.74) is 0.330. The smallest absolute Gasteiger partial charge is 0.343 e. The molecule has 0 aromatic carbocycles. The van der Waals surface area contributed by atoms with Gasteiger partial charge in [0, 0.05) is 19.0 Å². The van der Waals surface area contributed by atoms with Gasteiger partial charge in [-0.05, 0) is 18.9 Å². The minimum absolute atomic E-state index is 0.0449. The van der Waals surface area contributed by atoms with E-state index in [9.17, 15) is 9.59 Å². The fraction of sp³-hybridized carbons (Fsp3) is 0.417. The third-order valence-corrected chi connectivity index (χ3v) is 3.37. The maximum absolute atomic E-state index is 11.9. The van der Waals surface area contributed by atoms with Crippen molar-refractivity contribution in [2.24, 2.45) is 0 Å². The third-order valence-electron chi connectivity index (χ3n) is 3.37. The Morgan fingerprint density at radius 1 is 1.53 bits per heavy atom. The van der Waals surface area contributed by atoms with Crippen LogP contribution in [0.25, 0.3) is 0 Å². The first kappa shape index (κ1) is 11.8. The fourth-order valence-corrected chi connectivity index (χ4v) is 2.31. The molecule has 1 aliphatic heterocycles. The molecule has 2 aromatic rings. The van der Waals surface area contributed by atoms with Crippen LogP contribution in [0.3, 0.4) is 0 Å². The number of aromatic nitrogens is 3. The van der Waals surface area contributed by atoms with Gasteiger partial charge in [-0.2, -0.15) is 5.10 Å². The topological polar surface area (TPSA) is 92.9 Å². The average Bonchev–Trinajstić information content (AvgIpc) is 2.99. The van der Waals surface area contributed by atoms with Crippen LogP contribution in [-0.4, -0.2) is 26.7 Å². The molecule has 2 aromatic heterocycles. The highest BCUT2D eigenvalue weighted by Crippen LogP contribution is 2.12. The monoisotopic (exact) mass is 262 g/mol. The normalized spacial score (nSPS) is 18.6. The number of rotatable bonds is 2. The lowest BCUT2D eigenvalue weighted by Gasteiger charge is -2.15. The van der Waals surface area contributed by atoms with E-state index >= 15 is 0 Å². The highest BCUT2D eigenvalue weighted by molar-refractivity contribution is 5.93. The predicted octanol–water partition coefficient (Wildman–Crippen LogP) is 0.299. The Labute approximate surface area is 108 Å². The van der Waals surface area contributed by atoms with E-state index in [1.165, 1.54) is 12.5 Å². The second-order valence-corrected chi connectivity index (χ2v) is 4.61. The fourth-order valence-electron chi connectivity index (χ4n) is 2.31. The molecule has 19 heavy (non-hydrogen) atoms. The van der Waals surface area contributed by atoms with Crippen molar-refractivity contribution in [3.8, 4) is 0 Å². The Hall–Kier alpha value is -2.31. The molecular formula is C12H14N4O3. The molecule has 0 aliphatic carbocycles. The number of H-pyrrole nitrogens is 1. The quantitative estimate of drug-likeness (QED) is 0.814. The van der Waals surface area contributed by atoms with E-state index in [0.29, 0.717) is 18.5 Å². The summed E-state index contributed by atoms with van der Waals surface area (Å²) in [4.78, 5) is 23.4. The van der Waals surface area contributed by atoms with Crippen molar-refractivity contribution in [2.75, 3.05) is 0 Å². The van der Waals surface area contributed by atoms with Gasteiger partial charge in [-0.25, -0.2) is 9.89 Å². The molecule has 1 aliphatic rings. The first-order chi connectivity index (χ1) is 9.24. The number of hydrogen-bond acceptors (Lipinski definition) is 4. The highest BCUT2D eigenvalue weighted by Gasteiger charge is 2.20. The summed E-state index contributed by atoms with van der Waals surface area (Å²) in [5.74, 6) is 0.609. The van der Waals surface area contributed by atoms with Crippen LogP contribution in [0.1, 0.15) is 29.0 Å². The lowest BCUT2D eigenvalue weighted by Crippen LogP contribution is -2.35. The van der Waals surface area contributed by atoms with Gasteiger partial charge in [0.2, 0.25) is 0 Å². The second kappa shape index (κ2) is 4.75. The van der Waals surface area contributed by atoms with Gasteiger partial charge in [-0.3, -0.25) is 9.36 Å². The first-order valence-corrected chi connectivity index (χ1v) is 6.21. The molecule has 1 amide bonds. The van der Waals surface area contributed by atoms with Gasteiger partial charge in [0.15, 0.2) is 0 Å². The average molecular weight is 262 g/mol. The molecule has 3 rings (SSSR count). The largest absolute Gasteiger partial charge is 0.472 e. The van der Waals surface area contributed by atoms with Crippen molar-refractivity contribution in [2.45, 2.75) is 31.8 Å². The number of nitrogens with one attached hydrogen (secondary N) is 2. The summed E-state index contributed by atoms with van der Waals surface area (Å²) in [5, 5.41) is 9.37. The number of amides is 1. The predicted molar refractivity (Wildman–Crippen MR) is 65.7 cm³/mol. The lowest BCUT2D eigenvalue weighted by molar-refractivity contribution is 0.0932. The molecule has 7 nitrogen and oxygen atoms in total. The van der Waals surface area contributed by atoms with Gasteiger partial charge in [0.05, 0.1) is 11.8 Å². The van der Waals surface area contributed by atoms with Crippen molar-refractivity contribution in [3.63, 3.8) is 0 Å². The summed E-state index contributed by atoms with van der Waals surface area (Å²) in [6.45, 7) is 0.570. The molecule has 0 spiro atoms. The maximum atomic E-state index is 11.9. The van der Waals surface area contributed by atoms with Crippen LogP contribution in [0, 0.1) is 0 Å². The number of carbonyl (C=O) groups is 1. The van der Waals surface area contributed by atoms with Gasteiger partial charge in [-0.15, -0.1) is 0 Å². The van der Waals surface area contributed by atoms with E-state index in [-0.39, 0.29) is 17.6 Å². The molecule has 0 fully saturated rings. The van der Waals surface area contributed by atoms with Gasteiger partial charge < -0.3 is 9.73 Å². The van der Waals surface area contributed by atoms with Gasteiger partial charge in [0.1, 0.15) is 12.1 Å². The molecule has 100 valence electrons. The van der Waals surface area contributed by atoms with E-state index in [4.69, 9.17) is 4.42 Å². The lowest BCUT2D eigenvalue weighted by atomic mass is 10.1. The Morgan fingerprint density at radius 3 is 3.21 bits per heavy atom. The number of hydrogen-bond donors (Lipinski definition) is 2. The summed E-state index contributed by atoms with van der Waals surface area (Å²) in [7, 11) is 0. The van der Waals surface area contributed by atoms with E-state index in [1.807, 2.05) is 0 Å². The molecule has 0 saturated heterocycles. The van der Waals surface area contributed by atoms with Crippen molar-refractivity contribution < 1.29 is 9.21 Å². The summed E-state index contributed by atoms with van der Waals surface area (Å²) < 4.78 is 6.51. The standard InChI is InChI=1S/C12H14N4O3/c17-11(8-4-6-19-7-8)13-9-1-2-10-14-15-12(18)16(10)5-3-9/h4,6-7,9H,1-3,5H2,(H,13,17)(H,15,18). The number of nitrogens with zero attached hydrogens (tertiary/aromatic N) is 2. The van der Waals surface area contributed by atoms with Crippen molar-refractivity contribution >= 4 is 5.91 Å². The molecule has 7 heteroatoms. The Kier molecular flexibility index (Phi) is 2.94. The molecular weight excluding hydrogens is 248 g/mol. The minimum Gasteiger partial charge on any atom is -0.472 e. The van der Waals surface area contributed by atoms with Crippen molar-refractivity contribution in [1.82, 2.24) is 20.1 Å². The number of fused-ring (bicyclic) bond motifs is 1. The van der Waals surface area contributed by atoms with Crippen LogP contribution >= 0.6 is 0 Å². The van der Waals surface area contributed by atoms with Crippen LogP contribution < -0.4 is 11.0 Å². The summed E-state index contributed by atoms with van der Waals surface area (Å²) in [6.07, 6.45) is 5.05. The van der Waals surface area contributed by atoms with Crippen LogP contribution in [-0.2, 0) is 13.0 Å². The Balaban J connectivity index is 1.66. The minimum atomic E-state index is -0.184. The van der Waals surface area contributed by atoms with Crippen LogP contribution in [0.2, 0.25) is 0 Å². The number of furan rings is 1. The number of carbonyl (C=O) groups excluding carboxylic acids is 1. The highest BCUT2D eigenvalue weighted by atomic mass is 16.3. The van der Waals surface area contributed by atoms with Crippen molar-refractivity contribution in [1.29, 1.82) is 0 Å². The first-order valence-electron chi connectivity index (χ1n) is 6.21. The summed E-state index contributed by atoms with van der Waals surface area (Å²) in [6, 6.07) is 1.67. The van der Waals surface area contributed by atoms with Gasteiger partial charge in [0.25, 0.3) is 5.91 Å².